The summed E-state index contributed by atoms with van der Waals surface area (Å²) in [5, 5.41) is 0. The van der Waals surface area contributed by atoms with Crippen molar-refractivity contribution in [3.63, 3.8) is 0 Å². The molecule has 0 aliphatic rings. The second kappa shape index (κ2) is 12.7. The molecule has 0 heterocycles. The number of unbranched alkanes of at least 4 members (excludes halogenated alkanes) is 10. The maximum Gasteiger partial charge on any atom is 0.419 e. The Morgan fingerprint density at radius 2 is 1.41 bits per heavy atom. The normalized spacial score (nSPS) is 11.6. The molecule has 6 heteroatoms. The first kappa shape index (κ1) is 23.4. The molecule has 2 nitrogen and oxygen atoms in total. The first-order chi connectivity index (χ1) is 12.9. The molecule has 1 aromatic rings. The lowest BCUT2D eigenvalue weighted by molar-refractivity contribution is -0.140. The third-order valence-electron chi connectivity index (χ3n) is 4.51. The molecule has 27 heavy (non-hydrogen) atoms. The lowest BCUT2D eigenvalue weighted by Crippen LogP contribution is -2.14. The molecule has 0 amide bonds. The molecule has 0 saturated heterocycles. The van der Waals surface area contributed by atoms with Crippen molar-refractivity contribution in [1.82, 2.24) is 0 Å². The Balaban J connectivity index is 2.16. The summed E-state index contributed by atoms with van der Waals surface area (Å²) in [5.74, 6) is -2.63. The predicted octanol–water partition coefficient (Wildman–Crippen LogP) is 7.31. The summed E-state index contributed by atoms with van der Waals surface area (Å²) >= 11 is 0. The van der Waals surface area contributed by atoms with Gasteiger partial charge in [0.1, 0.15) is 5.82 Å². The SMILES string of the molecule is CCCCCCCCCCCCCOC(=O)c1cccc(C(F)(F)F)c1F. The van der Waals surface area contributed by atoms with E-state index in [0.717, 1.165) is 31.4 Å². The van der Waals surface area contributed by atoms with Crippen molar-refractivity contribution in [2.24, 2.45) is 0 Å². The van der Waals surface area contributed by atoms with Gasteiger partial charge in [-0.1, -0.05) is 77.2 Å². The van der Waals surface area contributed by atoms with Crippen LogP contribution >= 0.6 is 0 Å². The van der Waals surface area contributed by atoms with E-state index in [1.165, 1.54) is 44.9 Å². The van der Waals surface area contributed by atoms with Crippen LogP contribution in [0.5, 0.6) is 0 Å². The first-order valence-electron chi connectivity index (χ1n) is 9.90. The minimum atomic E-state index is -4.84. The summed E-state index contributed by atoms with van der Waals surface area (Å²) in [6.45, 7) is 2.29. The molecule has 1 rings (SSSR count). The molecule has 0 unspecified atom stereocenters. The Hall–Kier alpha value is -1.59. The molecule has 0 aliphatic heterocycles. The van der Waals surface area contributed by atoms with Crippen LogP contribution in [0, 0.1) is 5.82 Å². The zero-order chi connectivity index (χ0) is 20.1. The number of alkyl halides is 3. The molecule has 1 aromatic carbocycles. The van der Waals surface area contributed by atoms with Gasteiger partial charge in [-0.15, -0.1) is 0 Å². The number of carbonyl (C=O) groups excluding carboxylic acids is 1. The van der Waals surface area contributed by atoms with Crippen molar-refractivity contribution >= 4 is 5.97 Å². The number of esters is 1. The van der Waals surface area contributed by atoms with Gasteiger partial charge in [0.15, 0.2) is 0 Å². The van der Waals surface area contributed by atoms with Gasteiger partial charge in [0.2, 0.25) is 0 Å². The highest BCUT2D eigenvalue weighted by Gasteiger charge is 2.35. The molecule has 0 bridgehead atoms. The summed E-state index contributed by atoms with van der Waals surface area (Å²) in [6.07, 6.45) is 7.73. The van der Waals surface area contributed by atoms with Gasteiger partial charge in [-0.2, -0.15) is 13.2 Å². The molecular formula is C21H30F4O2. The van der Waals surface area contributed by atoms with E-state index in [4.69, 9.17) is 4.74 Å². The Morgan fingerprint density at radius 1 is 0.889 bits per heavy atom. The Bertz CT molecular complexity index is 556. The van der Waals surface area contributed by atoms with Gasteiger partial charge < -0.3 is 4.74 Å². The third kappa shape index (κ3) is 9.25. The molecule has 0 N–H and O–H groups in total. The molecule has 0 saturated carbocycles. The average molecular weight is 390 g/mol. The zero-order valence-electron chi connectivity index (χ0n) is 16.0. The van der Waals surface area contributed by atoms with E-state index in [2.05, 4.69) is 6.92 Å². The molecular weight excluding hydrogens is 360 g/mol. The summed E-state index contributed by atoms with van der Waals surface area (Å²) in [4.78, 5) is 11.8. The maximum absolute atomic E-state index is 13.8. The minimum Gasteiger partial charge on any atom is -0.462 e. The van der Waals surface area contributed by atoms with E-state index in [9.17, 15) is 22.4 Å². The van der Waals surface area contributed by atoms with Crippen molar-refractivity contribution in [1.29, 1.82) is 0 Å². The smallest absolute Gasteiger partial charge is 0.419 e. The maximum atomic E-state index is 13.8. The standard InChI is InChI=1S/C21H30F4O2/c1-2-3-4-5-6-7-8-9-10-11-12-16-27-20(26)17-14-13-15-18(19(17)22)21(23,24)25/h13-15H,2-12,16H2,1H3. The average Bonchev–Trinajstić information content (AvgIpc) is 2.61. The van der Waals surface area contributed by atoms with Crippen LogP contribution in [-0.2, 0) is 10.9 Å². The van der Waals surface area contributed by atoms with Crippen molar-refractivity contribution < 1.29 is 27.1 Å². The van der Waals surface area contributed by atoms with Crippen LogP contribution in [0.2, 0.25) is 0 Å². The minimum absolute atomic E-state index is 0.0888. The van der Waals surface area contributed by atoms with Gasteiger partial charge in [0.05, 0.1) is 17.7 Å². The third-order valence-corrected chi connectivity index (χ3v) is 4.51. The van der Waals surface area contributed by atoms with Crippen molar-refractivity contribution in [2.75, 3.05) is 6.61 Å². The van der Waals surface area contributed by atoms with E-state index in [0.29, 0.717) is 12.5 Å². The molecule has 0 aromatic heterocycles. The molecule has 0 radical (unpaired) electrons. The molecule has 0 spiro atoms. The van der Waals surface area contributed by atoms with E-state index in [-0.39, 0.29) is 6.61 Å². The fraction of sp³-hybridized carbons (Fsp3) is 0.667. The van der Waals surface area contributed by atoms with Crippen LogP contribution in [0.25, 0.3) is 0 Å². The van der Waals surface area contributed by atoms with Crippen molar-refractivity contribution in [3.8, 4) is 0 Å². The number of halogens is 4. The first-order valence-corrected chi connectivity index (χ1v) is 9.90. The number of hydrogen-bond acceptors (Lipinski definition) is 2. The Labute approximate surface area is 159 Å². The Kier molecular flexibility index (Phi) is 11.1. The molecule has 0 aliphatic carbocycles. The van der Waals surface area contributed by atoms with Crippen molar-refractivity contribution in [3.05, 3.63) is 35.1 Å². The highest BCUT2D eigenvalue weighted by atomic mass is 19.4. The van der Waals surface area contributed by atoms with Crippen LogP contribution in [0.1, 0.15) is 93.5 Å². The van der Waals surface area contributed by atoms with Gasteiger partial charge in [0.25, 0.3) is 0 Å². The summed E-state index contributed by atoms with van der Waals surface area (Å²) in [5.41, 5.74) is -2.13. The van der Waals surface area contributed by atoms with E-state index < -0.39 is 29.1 Å². The predicted molar refractivity (Wildman–Crippen MR) is 98.1 cm³/mol. The quantitative estimate of drug-likeness (QED) is 0.200. The zero-order valence-corrected chi connectivity index (χ0v) is 16.0. The lowest BCUT2D eigenvalue weighted by atomic mass is 10.1. The number of ether oxygens (including phenoxy) is 1. The fourth-order valence-electron chi connectivity index (χ4n) is 2.92. The van der Waals surface area contributed by atoms with Crippen LogP contribution in [0.4, 0.5) is 17.6 Å². The fourth-order valence-corrected chi connectivity index (χ4v) is 2.92. The summed E-state index contributed by atoms with van der Waals surface area (Å²) in [6, 6.07) is 2.62. The van der Waals surface area contributed by atoms with Crippen LogP contribution in [-0.4, -0.2) is 12.6 Å². The number of carbonyl (C=O) groups is 1. The second-order valence-corrected chi connectivity index (χ2v) is 6.84. The highest BCUT2D eigenvalue weighted by Crippen LogP contribution is 2.32. The monoisotopic (exact) mass is 390 g/mol. The lowest BCUT2D eigenvalue weighted by Gasteiger charge is -2.11. The van der Waals surface area contributed by atoms with E-state index in [1.54, 1.807) is 0 Å². The van der Waals surface area contributed by atoms with E-state index in [1.807, 2.05) is 0 Å². The summed E-state index contributed by atoms with van der Waals surface area (Å²) < 4.78 is 56.7. The van der Waals surface area contributed by atoms with Crippen LogP contribution < -0.4 is 0 Å². The van der Waals surface area contributed by atoms with Crippen LogP contribution in [0.15, 0.2) is 18.2 Å². The second-order valence-electron chi connectivity index (χ2n) is 6.84. The summed E-state index contributed by atoms with van der Waals surface area (Å²) in [7, 11) is 0. The van der Waals surface area contributed by atoms with Crippen molar-refractivity contribution in [2.45, 2.75) is 83.7 Å². The number of rotatable bonds is 13. The largest absolute Gasteiger partial charge is 0.462 e. The van der Waals surface area contributed by atoms with Gasteiger partial charge >= 0.3 is 12.1 Å². The van der Waals surface area contributed by atoms with Gasteiger partial charge in [-0.05, 0) is 18.6 Å². The number of hydrogen-bond donors (Lipinski definition) is 0. The Morgan fingerprint density at radius 3 is 1.93 bits per heavy atom. The topological polar surface area (TPSA) is 26.3 Å². The molecule has 0 fully saturated rings. The van der Waals surface area contributed by atoms with Gasteiger partial charge in [0, 0.05) is 0 Å². The van der Waals surface area contributed by atoms with Gasteiger partial charge in [-0.3, -0.25) is 0 Å². The highest BCUT2D eigenvalue weighted by molar-refractivity contribution is 5.90. The number of benzene rings is 1. The van der Waals surface area contributed by atoms with E-state index >= 15 is 0 Å². The molecule has 154 valence electrons. The molecule has 0 atom stereocenters. The van der Waals surface area contributed by atoms with Gasteiger partial charge in [-0.25, -0.2) is 9.18 Å². The van der Waals surface area contributed by atoms with Crippen LogP contribution in [0.3, 0.4) is 0 Å².